The molecule has 3 heteroatoms. The van der Waals surface area contributed by atoms with Gasteiger partial charge in [-0.15, -0.1) is 0 Å². The second-order valence-corrected chi connectivity index (χ2v) is 6.02. The number of aromatic nitrogens is 2. The first kappa shape index (κ1) is 14.2. The Bertz CT molecular complexity index is 602. The van der Waals surface area contributed by atoms with E-state index in [1.165, 1.54) is 24.0 Å². The second kappa shape index (κ2) is 5.94. The summed E-state index contributed by atoms with van der Waals surface area (Å²) in [4.78, 5) is 9.56. The summed E-state index contributed by atoms with van der Waals surface area (Å²) in [5.41, 5.74) is 6.02. The van der Waals surface area contributed by atoms with Crippen molar-refractivity contribution in [1.29, 1.82) is 0 Å². The van der Waals surface area contributed by atoms with Gasteiger partial charge in [0, 0.05) is 17.0 Å². The van der Waals surface area contributed by atoms with Crippen molar-refractivity contribution in [3.8, 4) is 11.4 Å². The molecule has 2 aromatic rings. The Kier molecular flexibility index (Phi) is 4.02. The largest absolute Gasteiger partial charge is 0.317 e. The molecule has 2 heterocycles. The van der Waals surface area contributed by atoms with E-state index >= 15 is 0 Å². The third-order valence-corrected chi connectivity index (χ3v) is 4.38. The molecule has 0 unspecified atom stereocenters. The molecule has 1 aliphatic heterocycles. The molecule has 1 aromatic carbocycles. The predicted molar refractivity (Wildman–Crippen MR) is 86.5 cm³/mol. The van der Waals surface area contributed by atoms with Crippen LogP contribution in [0.3, 0.4) is 0 Å². The van der Waals surface area contributed by atoms with Crippen molar-refractivity contribution in [1.82, 2.24) is 15.3 Å². The lowest BCUT2D eigenvalue weighted by atomic mass is 9.88. The van der Waals surface area contributed by atoms with Gasteiger partial charge in [0.25, 0.3) is 0 Å². The Morgan fingerprint density at radius 3 is 2.05 bits per heavy atom. The first-order chi connectivity index (χ1) is 10.1. The fourth-order valence-corrected chi connectivity index (χ4v) is 3.26. The zero-order chi connectivity index (χ0) is 14.8. The van der Waals surface area contributed by atoms with Crippen LogP contribution in [-0.4, -0.2) is 23.1 Å². The van der Waals surface area contributed by atoms with Gasteiger partial charge >= 0.3 is 0 Å². The van der Waals surface area contributed by atoms with Gasteiger partial charge in [0.2, 0.25) is 0 Å². The van der Waals surface area contributed by atoms with E-state index in [4.69, 9.17) is 9.97 Å². The highest BCUT2D eigenvalue weighted by Crippen LogP contribution is 2.30. The molecule has 0 saturated carbocycles. The molecule has 0 radical (unpaired) electrons. The lowest BCUT2D eigenvalue weighted by Crippen LogP contribution is -2.27. The number of rotatable bonds is 2. The first-order valence-corrected chi connectivity index (χ1v) is 7.78. The van der Waals surface area contributed by atoms with Crippen molar-refractivity contribution in [2.24, 2.45) is 0 Å². The van der Waals surface area contributed by atoms with Crippen LogP contribution in [0.1, 0.15) is 41.3 Å². The maximum atomic E-state index is 4.78. The van der Waals surface area contributed by atoms with E-state index in [1.807, 2.05) is 0 Å². The first-order valence-electron chi connectivity index (χ1n) is 7.78. The van der Waals surface area contributed by atoms with Gasteiger partial charge in [-0.05, 0) is 58.2 Å². The summed E-state index contributed by atoms with van der Waals surface area (Å²) in [6.45, 7) is 8.56. The lowest BCUT2D eigenvalue weighted by Gasteiger charge is -2.25. The second-order valence-electron chi connectivity index (χ2n) is 6.02. The van der Waals surface area contributed by atoms with E-state index in [1.54, 1.807) is 0 Å². The molecule has 0 amide bonds. The van der Waals surface area contributed by atoms with E-state index in [0.717, 1.165) is 35.9 Å². The van der Waals surface area contributed by atoms with Crippen LogP contribution in [-0.2, 0) is 0 Å². The van der Waals surface area contributed by atoms with E-state index in [9.17, 15) is 0 Å². The zero-order valence-corrected chi connectivity index (χ0v) is 13.1. The summed E-state index contributed by atoms with van der Waals surface area (Å²) >= 11 is 0. The van der Waals surface area contributed by atoms with Crippen LogP contribution in [0.4, 0.5) is 0 Å². The maximum Gasteiger partial charge on any atom is 0.159 e. The van der Waals surface area contributed by atoms with Gasteiger partial charge in [0.05, 0.1) is 0 Å². The van der Waals surface area contributed by atoms with Gasteiger partial charge in [-0.2, -0.15) is 0 Å². The molecule has 0 atom stereocenters. The van der Waals surface area contributed by atoms with E-state index in [0.29, 0.717) is 5.92 Å². The van der Waals surface area contributed by atoms with Crippen molar-refractivity contribution < 1.29 is 0 Å². The van der Waals surface area contributed by atoms with Crippen LogP contribution in [0.5, 0.6) is 0 Å². The molecule has 110 valence electrons. The topological polar surface area (TPSA) is 37.8 Å². The Morgan fingerprint density at radius 2 is 1.48 bits per heavy atom. The average Bonchev–Trinajstić information content (AvgIpc) is 2.48. The molecule has 1 N–H and O–H groups in total. The highest BCUT2D eigenvalue weighted by atomic mass is 14.9. The highest BCUT2D eigenvalue weighted by Gasteiger charge is 2.21. The molecule has 0 spiro atoms. The summed E-state index contributed by atoms with van der Waals surface area (Å²) in [6.07, 6.45) is 2.38. The van der Waals surface area contributed by atoms with Crippen molar-refractivity contribution in [3.05, 3.63) is 46.8 Å². The van der Waals surface area contributed by atoms with Crippen molar-refractivity contribution in [3.63, 3.8) is 0 Å². The number of nitrogens with one attached hydrogen (secondary N) is 1. The molecular weight excluding hydrogens is 258 g/mol. The summed E-state index contributed by atoms with van der Waals surface area (Å²) in [5.74, 6) is 1.46. The summed E-state index contributed by atoms with van der Waals surface area (Å²) in [6, 6.07) is 8.44. The van der Waals surface area contributed by atoms with Gasteiger partial charge in [-0.1, -0.05) is 29.8 Å². The summed E-state index contributed by atoms with van der Waals surface area (Å²) in [5, 5.41) is 3.43. The maximum absolute atomic E-state index is 4.78. The summed E-state index contributed by atoms with van der Waals surface area (Å²) < 4.78 is 0. The molecule has 3 rings (SSSR count). The predicted octanol–water partition coefficient (Wildman–Crippen LogP) is 3.54. The van der Waals surface area contributed by atoms with E-state index in [2.05, 4.69) is 50.4 Å². The van der Waals surface area contributed by atoms with Gasteiger partial charge in [-0.25, -0.2) is 9.97 Å². The lowest BCUT2D eigenvalue weighted by molar-refractivity contribution is 0.455. The van der Waals surface area contributed by atoms with Crippen LogP contribution < -0.4 is 5.32 Å². The van der Waals surface area contributed by atoms with Crippen LogP contribution in [0.2, 0.25) is 0 Å². The fourth-order valence-electron chi connectivity index (χ4n) is 3.26. The van der Waals surface area contributed by atoms with Crippen molar-refractivity contribution >= 4 is 0 Å². The van der Waals surface area contributed by atoms with Gasteiger partial charge in [-0.3, -0.25) is 0 Å². The normalized spacial score (nSPS) is 16.1. The van der Waals surface area contributed by atoms with Crippen molar-refractivity contribution in [2.45, 2.75) is 39.5 Å². The Labute approximate surface area is 126 Å². The molecule has 1 aromatic heterocycles. The minimum Gasteiger partial charge on any atom is -0.317 e. The monoisotopic (exact) mass is 281 g/mol. The number of hydrogen-bond donors (Lipinski definition) is 1. The quantitative estimate of drug-likeness (QED) is 0.915. The molecule has 0 aliphatic carbocycles. The zero-order valence-electron chi connectivity index (χ0n) is 13.1. The standard InChI is InChI=1S/C18H23N3/c1-12-4-6-16(7-5-12)18-20-13(2)17(14(3)21-18)15-8-10-19-11-9-15/h4-7,15,19H,8-11H2,1-3H3. The van der Waals surface area contributed by atoms with Gasteiger partial charge in [0.1, 0.15) is 0 Å². The van der Waals surface area contributed by atoms with Crippen LogP contribution in [0.15, 0.2) is 24.3 Å². The average molecular weight is 281 g/mol. The Morgan fingerprint density at radius 1 is 0.905 bits per heavy atom. The summed E-state index contributed by atoms with van der Waals surface area (Å²) in [7, 11) is 0. The SMILES string of the molecule is Cc1ccc(-c2nc(C)c(C3CCNCC3)c(C)n2)cc1. The van der Waals surface area contributed by atoms with E-state index in [-0.39, 0.29) is 0 Å². The molecule has 3 nitrogen and oxygen atoms in total. The number of hydrogen-bond acceptors (Lipinski definition) is 3. The highest BCUT2D eigenvalue weighted by molar-refractivity contribution is 5.56. The molecular formula is C18H23N3. The van der Waals surface area contributed by atoms with Crippen LogP contribution in [0.25, 0.3) is 11.4 Å². The third kappa shape index (κ3) is 2.98. The van der Waals surface area contributed by atoms with E-state index < -0.39 is 0 Å². The Hall–Kier alpha value is -1.74. The van der Waals surface area contributed by atoms with Gasteiger partial charge in [0.15, 0.2) is 5.82 Å². The number of aryl methyl sites for hydroxylation is 3. The molecule has 1 fully saturated rings. The number of nitrogens with zero attached hydrogens (tertiary/aromatic N) is 2. The third-order valence-electron chi connectivity index (χ3n) is 4.38. The minimum absolute atomic E-state index is 0.610. The Balaban J connectivity index is 1.97. The van der Waals surface area contributed by atoms with Gasteiger partial charge < -0.3 is 5.32 Å². The molecule has 1 saturated heterocycles. The smallest absolute Gasteiger partial charge is 0.159 e. The minimum atomic E-state index is 0.610. The number of piperidine rings is 1. The molecule has 21 heavy (non-hydrogen) atoms. The van der Waals surface area contributed by atoms with Crippen LogP contribution in [0, 0.1) is 20.8 Å². The van der Waals surface area contributed by atoms with Crippen molar-refractivity contribution in [2.75, 3.05) is 13.1 Å². The number of benzene rings is 1. The molecule has 1 aliphatic rings. The fraction of sp³-hybridized carbons (Fsp3) is 0.444. The molecule has 0 bridgehead atoms. The van der Waals surface area contributed by atoms with Crippen LogP contribution >= 0.6 is 0 Å².